The largest absolute Gasteiger partial charge is 0.469 e. The van der Waals surface area contributed by atoms with Gasteiger partial charge >= 0.3 is 5.97 Å². The molecule has 1 fully saturated rings. The van der Waals surface area contributed by atoms with Crippen LogP contribution in [0.15, 0.2) is 0 Å². The van der Waals surface area contributed by atoms with E-state index in [-0.39, 0.29) is 42.7 Å². The maximum Gasteiger partial charge on any atom is 0.305 e. The van der Waals surface area contributed by atoms with Gasteiger partial charge in [-0.25, -0.2) is 0 Å². The predicted molar refractivity (Wildman–Crippen MR) is 108 cm³/mol. The van der Waals surface area contributed by atoms with Gasteiger partial charge < -0.3 is 24.8 Å². The fourth-order valence-electron chi connectivity index (χ4n) is 2.54. The first-order chi connectivity index (χ1) is 13.5. The van der Waals surface area contributed by atoms with Crippen LogP contribution in [0.3, 0.4) is 0 Å². The molecule has 1 atom stereocenters. The van der Waals surface area contributed by atoms with E-state index in [4.69, 9.17) is 9.47 Å². The number of methoxy groups -OCH3 is 1. The first-order valence-corrected chi connectivity index (χ1v) is 10.5. The summed E-state index contributed by atoms with van der Waals surface area (Å²) in [6, 6.07) is 0. The Morgan fingerprint density at radius 3 is 2.38 bits per heavy atom. The Morgan fingerprint density at radius 2 is 1.72 bits per heavy atom. The predicted octanol–water partition coefficient (Wildman–Crippen LogP) is 1.000. The lowest BCUT2D eigenvalue weighted by Crippen LogP contribution is -2.56. The summed E-state index contributed by atoms with van der Waals surface area (Å²) in [7, 11) is 1.27. The number of carbonyl (C=O) groups is 4. The van der Waals surface area contributed by atoms with Crippen molar-refractivity contribution < 1.29 is 33.4 Å². The van der Waals surface area contributed by atoms with E-state index < -0.39 is 23.3 Å². The van der Waals surface area contributed by atoms with E-state index in [2.05, 4.69) is 15.4 Å². The van der Waals surface area contributed by atoms with Gasteiger partial charge in [0.2, 0.25) is 11.8 Å². The third-order valence-corrected chi connectivity index (χ3v) is 5.18. The van der Waals surface area contributed by atoms with Crippen molar-refractivity contribution in [3.63, 3.8) is 0 Å². The smallest absolute Gasteiger partial charge is 0.305 e. The first-order valence-electron chi connectivity index (χ1n) is 9.55. The Hall–Kier alpha value is -1.65. The molecule has 1 aliphatic heterocycles. The first kappa shape index (κ1) is 25.4. The molecule has 10 heteroatoms. The van der Waals surface area contributed by atoms with Gasteiger partial charge in [0.25, 0.3) is 0 Å². The second-order valence-corrected chi connectivity index (χ2v) is 9.01. The van der Waals surface area contributed by atoms with Crippen molar-refractivity contribution in [3.8, 4) is 0 Å². The molecule has 0 saturated carbocycles. The summed E-state index contributed by atoms with van der Waals surface area (Å²) in [5, 5.41) is 5.30. The number of esters is 1. The zero-order chi connectivity index (χ0) is 22.1. The zero-order valence-electron chi connectivity index (χ0n) is 17.8. The number of hydrogen-bond donors (Lipinski definition) is 2. The molecule has 9 nitrogen and oxygen atoms in total. The van der Waals surface area contributed by atoms with Crippen molar-refractivity contribution in [2.45, 2.75) is 58.8 Å². The van der Waals surface area contributed by atoms with Crippen LogP contribution >= 0.6 is 11.8 Å². The molecule has 2 amide bonds. The number of rotatable bonds is 10. The molecule has 1 rings (SSSR count). The van der Waals surface area contributed by atoms with Gasteiger partial charge in [0.15, 0.2) is 10.9 Å². The Morgan fingerprint density at radius 1 is 1.03 bits per heavy atom. The lowest BCUT2D eigenvalue weighted by atomic mass is 9.85. The van der Waals surface area contributed by atoms with Crippen LogP contribution in [0.4, 0.5) is 0 Å². The van der Waals surface area contributed by atoms with Crippen molar-refractivity contribution in [2.75, 3.05) is 32.6 Å². The average molecular weight is 433 g/mol. The van der Waals surface area contributed by atoms with Crippen LogP contribution in [0.2, 0.25) is 0 Å². The van der Waals surface area contributed by atoms with Crippen LogP contribution in [0.5, 0.6) is 0 Å². The van der Waals surface area contributed by atoms with Crippen LogP contribution in [-0.4, -0.2) is 67.3 Å². The quantitative estimate of drug-likeness (QED) is 0.388. The zero-order valence-corrected chi connectivity index (χ0v) is 18.6. The summed E-state index contributed by atoms with van der Waals surface area (Å²) in [6.07, 6.45) is -0.376. The van der Waals surface area contributed by atoms with Gasteiger partial charge in [0.1, 0.15) is 6.10 Å². The second kappa shape index (κ2) is 11.5. The van der Waals surface area contributed by atoms with Crippen LogP contribution in [-0.2, 0) is 33.4 Å². The molecule has 29 heavy (non-hydrogen) atoms. The Bertz CT molecular complexity index is 607. The molecule has 0 aromatic heterocycles. The number of amides is 2. The topological polar surface area (TPSA) is 120 Å². The standard InChI is InChI=1S/C19H32N2O7S/c1-18(2)12-27-19(3,4)28-16(18)17(25)21-9-8-13(22)20-10-11-29-15(24)7-6-14(23)26-5/h16H,6-12H2,1-5H3,(H,20,22)(H,21,25). The molecule has 166 valence electrons. The van der Waals surface area contributed by atoms with E-state index in [0.29, 0.717) is 18.9 Å². The molecule has 0 aromatic rings. The summed E-state index contributed by atoms with van der Waals surface area (Å²) in [5.41, 5.74) is -0.473. The molecular formula is C19H32N2O7S. The molecular weight excluding hydrogens is 400 g/mol. The van der Waals surface area contributed by atoms with Gasteiger partial charge in [-0.1, -0.05) is 25.6 Å². The van der Waals surface area contributed by atoms with Crippen LogP contribution in [0.25, 0.3) is 0 Å². The van der Waals surface area contributed by atoms with Crippen LogP contribution in [0, 0.1) is 5.41 Å². The lowest BCUT2D eigenvalue weighted by molar-refractivity contribution is -0.304. The van der Waals surface area contributed by atoms with Gasteiger partial charge in [-0.2, -0.15) is 0 Å². The summed E-state index contributed by atoms with van der Waals surface area (Å²) in [4.78, 5) is 46.9. The highest BCUT2D eigenvalue weighted by molar-refractivity contribution is 8.13. The third-order valence-electron chi connectivity index (χ3n) is 4.24. The van der Waals surface area contributed by atoms with Crippen LogP contribution in [0.1, 0.15) is 47.0 Å². The molecule has 1 heterocycles. The molecule has 1 unspecified atom stereocenters. The molecule has 1 aliphatic rings. The van der Waals surface area contributed by atoms with E-state index in [0.717, 1.165) is 11.8 Å². The molecule has 0 aliphatic carbocycles. The highest BCUT2D eigenvalue weighted by Gasteiger charge is 2.45. The number of hydrogen-bond acceptors (Lipinski definition) is 8. The molecule has 0 spiro atoms. The minimum absolute atomic E-state index is 0.0548. The molecule has 2 N–H and O–H groups in total. The SMILES string of the molecule is COC(=O)CCC(=O)SCCNC(=O)CCNC(=O)C1OC(C)(C)OCC1(C)C. The number of thioether (sulfide) groups is 1. The fourth-order valence-corrected chi connectivity index (χ4v) is 3.21. The maximum atomic E-state index is 12.5. The number of carbonyl (C=O) groups excluding carboxylic acids is 4. The van der Waals surface area contributed by atoms with Crippen LogP contribution < -0.4 is 10.6 Å². The fraction of sp³-hybridized carbons (Fsp3) is 0.789. The van der Waals surface area contributed by atoms with E-state index >= 15 is 0 Å². The monoisotopic (exact) mass is 432 g/mol. The molecule has 0 radical (unpaired) electrons. The number of nitrogens with one attached hydrogen (secondary N) is 2. The van der Waals surface area contributed by atoms with E-state index in [9.17, 15) is 19.2 Å². The third kappa shape index (κ3) is 9.60. The normalized spacial score (nSPS) is 19.8. The summed E-state index contributed by atoms with van der Waals surface area (Å²) >= 11 is 1.06. The van der Waals surface area contributed by atoms with Gasteiger partial charge in [-0.3, -0.25) is 19.2 Å². The lowest BCUT2D eigenvalue weighted by Gasteiger charge is -2.44. The van der Waals surface area contributed by atoms with E-state index in [1.165, 1.54) is 7.11 Å². The second-order valence-electron chi connectivity index (χ2n) is 7.86. The van der Waals surface area contributed by atoms with E-state index in [1.54, 1.807) is 13.8 Å². The van der Waals surface area contributed by atoms with Crippen molar-refractivity contribution in [1.29, 1.82) is 0 Å². The minimum atomic E-state index is -0.832. The summed E-state index contributed by atoms with van der Waals surface area (Å²) in [5.74, 6) is -1.34. The summed E-state index contributed by atoms with van der Waals surface area (Å²) in [6.45, 7) is 8.21. The van der Waals surface area contributed by atoms with E-state index in [1.807, 2.05) is 13.8 Å². The van der Waals surface area contributed by atoms with Crippen molar-refractivity contribution in [1.82, 2.24) is 10.6 Å². The highest BCUT2D eigenvalue weighted by Crippen LogP contribution is 2.34. The highest BCUT2D eigenvalue weighted by atomic mass is 32.2. The van der Waals surface area contributed by atoms with Gasteiger partial charge in [-0.05, 0) is 13.8 Å². The minimum Gasteiger partial charge on any atom is -0.469 e. The number of ether oxygens (including phenoxy) is 3. The maximum absolute atomic E-state index is 12.5. The average Bonchev–Trinajstić information content (AvgIpc) is 2.65. The van der Waals surface area contributed by atoms with Gasteiger partial charge in [0.05, 0.1) is 20.1 Å². The Balaban J connectivity index is 2.21. The molecule has 1 saturated heterocycles. The van der Waals surface area contributed by atoms with Gasteiger partial charge in [-0.15, -0.1) is 0 Å². The summed E-state index contributed by atoms with van der Waals surface area (Å²) < 4.78 is 15.8. The molecule has 0 bridgehead atoms. The Kier molecular flexibility index (Phi) is 10.1. The van der Waals surface area contributed by atoms with Crippen molar-refractivity contribution in [2.24, 2.45) is 5.41 Å². The van der Waals surface area contributed by atoms with Crippen molar-refractivity contribution >= 4 is 34.7 Å². The molecule has 0 aromatic carbocycles. The van der Waals surface area contributed by atoms with Crippen molar-refractivity contribution in [3.05, 3.63) is 0 Å². The Labute approximate surface area is 176 Å². The van der Waals surface area contributed by atoms with Gasteiger partial charge in [0, 0.05) is 37.1 Å².